The van der Waals surface area contributed by atoms with Gasteiger partial charge in [-0.2, -0.15) is 24.4 Å². The lowest BCUT2D eigenvalue weighted by atomic mass is 10.1. The van der Waals surface area contributed by atoms with Crippen LogP contribution < -0.4 is 16.4 Å². The molecule has 0 saturated carbocycles. The maximum atomic E-state index is 12.4. The van der Waals surface area contributed by atoms with Crippen LogP contribution in [0.25, 0.3) is 0 Å². The van der Waals surface area contributed by atoms with Crippen LogP contribution in [0.2, 0.25) is 0 Å². The average molecular weight is 400 g/mol. The zero-order chi connectivity index (χ0) is 19.5. The Bertz CT molecular complexity index is 628. The van der Waals surface area contributed by atoms with Gasteiger partial charge in [0.15, 0.2) is 0 Å². The van der Waals surface area contributed by atoms with Crippen LogP contribution in [0.5, 0.6) is 0 Å². The molecule has 1 aromatic carbocycles. The van der Waals surface area contributed by atoms with E-state index in [1.54, 1.807) is 36.0 Å². The third-order valence-corrected chi connectivity index (χ3v) is 4.63. The van der Waals surface area contributed by atoms with Crippen LogP contribution in [0.3, 0.4) is 0 Å². The third kappa shape index (κ3) is 7.27. The first-order valence-corrected chi connectivity index (χ1v) is 10.1. The van der Waals surface area contributed by atoms with Crippen LogP contribution in [-0.2, 0) is 20.9 Å². The third-order valence-electron chi connectivity index (χ3n) is 3.59. The molecule has 9 heteroatoms. The number of nitrogens with one attached hydrogen (secondary N) is 2. The lowest BCUT2D eigenvalue weighted by molar-refractivity contribution is -0.142. The van der Waals surface area contributed by atoms with Crippen molar-refractivity contribution < 1.29 is 19.1 Å². The van der Waals surface area contributed by atoms with E-state index in [-0.39, 0.29) is 24.1 Å². The van der Waals surface area contributed by atoms with Gasteiger partial charge < -0.3 is 21.1 Å². The fourth-order valence-corrected chi connectivity index (χ4v) is 2.73. The van der Waals surface area contributed by atoms with E-state index >= 15 is 0 Å². The van der Waals surface area contributed by atoms with E-state index in [2.05, 4.69) is 23.3 Å². The molecule has 1 rings (SSSR count). The lowest BCUT2D eigenvalue weighted by Gasteiger charge is -2.16. The fraction of sp³-hybridized carbons (Fsp3) is 0.471. The van der Waals surface area contributed by atoms with E-state index in [1.165, 1.54) is 7.11 Å². The molecule has 0 aromatic heterocycles. The van der Waals surface area contributed by atoms with Crippen molar-refractivity contribution in [2.45, 2.75) is 25.0 Å². The molecule has 0 radical (unpaired) electrons. The predicted molar refractivity (Wildman–Crippen MR) is 106 cm³/mol. The van der Waals surface area contributed by atoms with Gasteiger partial charge in [0, 0.05) is 17.9 Å². The number of nitrogens with two attached hydrogens (primary N) is 1. The molecule has 2 atom stereocenters. The van der Waals surface area contributed by atoms with Gasteiger partial charge in [0.2, 0.25) is 5.91 Å². The number of methoxy groups -OCH3 is 1. The predicted octanol–water partition coefficient (Wildman–Crippen LogP) is 0.584. The number of hydrogen-bond donors (Lipinski definition) is 4. The smallest absolute Gasteiger partial charge is 0.328 e. The van der Waals surface area contributed by atoms with Crippen molar-refractivity contribution >= 4 is 42.2 Å². The summed E-state index contributed by atoms with van der Waals surface area (Å²) in [4.78, 5) is 36.0. The van der Waals surface area contributed by atoms with Crippen LogP contribution in [0.15, 0.2) is 24.3 Å². The molecular formula is C17H25N3O4S2. The second-order valence-corrected chi connectivity index (χ2v) is 6.89. The van der Waals surface area contributed by atoms with Gasteiger partial charge in [0.25, 0.3) is 5.91 Å². The molecule has 0 bridgehead atoms. The summed E-state index contributed by atoms with van der Waals surface area (Å²) in [6.45, 7) is 0.244. The topological polar surface area (TPSA) is 111 Å². The number of thiol groups is 1. The van der Waals surface area contributed by atoms with Gasteiger partial charge in [0.1, 0.15) is 6.04 Å². The number of ether oxygens (including phenoxy) is 1. The molecule has 4 N–H and O–H groups in total. The molecule has 0 aliphatic heterocycles. The highest BCUT2D eigenvalue weighted by Gasteiger charge is 2.21. The van der Waals surface area contributed by atoms with E-state index in [0.29, 0.717) is 12.0 Å². The van der Waals surface area contributed by atoms with Gasteiger partial charge in [-0.25, -0.2) is 4.79 Å². The van der Waals surface area contributed by atoms with Crippen molar-refractivity contribution in [1.82, 2.24) is 10.6 Å². The van der Waals surface area contributed by atoms with Gasteiger partial charge in [0.05, 0.1) is 13.2 Å². The highest BCUT2D eigenvalue weighted by atomic mass is 32.2. The summed E-state index contributed by atoms with van der Waals surface area (Å²) in [6, 6.07) is 5.42. The van der Waals surface area contributed by atoms with Crippen LogP contribution in [0, 0.1) is 0 Å². The van der Waals surface area contributed by atoms with Gasteiger partial charge >= 0.3 is 5.97 Å². The lowest BCUT2D eigenvalue weighted by Crippen LogP contribution is -2.42. The average Bonchev–Trinajstić information content (AvgIpc) is 2.67. The van der Waals surface area contributed by atoms with Crippen molar-refractivity contribution in [2.24, 2.45) is 5.73 Å². The van der Waals surface area contributed by atoms with Crippen molar-refractivity contribution in [3.8, 4) is 0 Å². The van der Waals surface area contributed by atoms with Gasteiger partial charge in [-0.1, -0.05) is 12.1 Å². The Morgan fingerprint density at radius 3 is 2.69 bits per heavy atom. The second-order valence-electron chi connectivity index (χ2n) is 5.54. The van der Waals surface area contributed by atoms with Gasteiger partial charge in [-0.3, -0.25) is 9.59 Å². The van der Waals surface area contributed by atoms with E-state index < -0.39 is 18.1 Å². The molecule has 26 heavy (non-hydrogen) atoms. The zero-order valence-electron chi connectivity index (χ0n) is 14.9. The molecule has 0 spiro atoms. The van der Waals surface area contributed by atoms with Crippen molar-refractivity contribution in [1.29, 1.82) is 0 Å². The molecule has 0 aliphatic rings. The molecular weight excluding hydrogens is 374 g/mol. The SMILES string of the molecule is COC(=O)[C@H](CCSC)NC(=O)c1cccc(CNC(=O)[C@@H](N)CS)c1. The Hall–Kier alpha value is -1.71. The summed E-state index contributed by atoms with van der Waals surface area (Å²) in [5, 5.41) is 5.38. The number of carbonyl (C=O) groups is 3. The van der Waals surface area contributed by atoms with E-state index in [0.717, 1.165) is 11.3 Å². The van der Waals surface area contributed by atoms with Crippen molar-refractivity contribution in [2.75, 3.05) is 24.9 Å². The summed E-state index contributed by atoms with van der Waals surface area (Å²) in [6.07, 6.45) is 2.41. The van der Waals surface area contributed by atoms with E-state index in [1.807, 2.05) is 6.26 Å². The number of benzene rings is 1. The summed E-state index contributed by atoms with van der Waals surface area (Å²) in [5.74, 6) is -0.187. The van der Waals surface area contributed by atoms with Crippen molar-refractivity contribution in [3.63, 3.8) is 0 Å². The van der Waals surface area contributed by atoms with Crippen LogP contribution in [0.4, 0.5) is 0 Å². The maximum absolute atomic E-state index is 12.4. The van der Waals surface area contributed by atoms with Crippen molar-refractivity contribution in [3.05, 3.63) is 35.4 Å². The Morgan fingerprint density at radius 2 is 2.08 bits per heavy atom. The van der Waals surface area contributed by atoms with Crippen LogP contribution in [0.1, 0.15) is 22.3 Å². The summed E-state index contributed by atoms with van der Waals surface area (Å²) >= 11 is 5.56. The molecule has 144 valence electrons. The molecule has 2 amide bonds. The summed E-state index contributed by atoms with van der Waals surface area (Å²) in [5.41, 5.74) is 6.74. The highest BCUT2D eigenvalue weighted by molar-refractivity contribution is 7.98. The number of esters is 1. The highest BCUT2D eigenvalue weighted by Crippen LogP contribution is 2.08. The Morgan fingerprint density at radius 1 is 1.35 bits per heavy atom. The Kier molecular flexibility index (Phi) is 10.2. The van der Waals surface area contributed by atoms with E-state index in [9.17, 15) is 14.4 Å². The number of thioether (sulfide) groups is 1. The van der Waals surface area contributed by atoms with Gasteiger partial charge in [-0.15, -0.1) is 0 Å². The second kappa shape index (κ2) is 11.8. The summed E-state index contributed by atoms with van der Waals surface area (Å²) < 4.78 is 4.74. The number of amides is 2. The minimum absolute atomic E-state index is 0.244. The quantitative estimate of drug-likeness (QED) is 0.338. The maximum Gasteiger partial charge on any atom is 0.328 e. The molecule has 0 fully saturated rings. The molecule has 0 aliphatic carbocycles. The summed E-state index contributed by atoms with van der Waals surface area (Å²) in [7, 11) is 1.29. The Labute approximate surface area is 163 Å². The van der Waals surface area contributed by atoms with Gasteiger partial charge in [-0.05, 0) is 36.1 Å². The molecule has 0 unspecified atom stereocenters. The molecule has 7 nitrogen and oxygen atoms in total. The largest absolute Gasteiger partial charge is 0.467 e. The number of rotatable bonds is 10. The first-order valence-electron chi connectivity index (χ1n) is 8.03. The molecule has 0 saturated heterocycles. The first-order chi connectivity index (χ1) is 12.4. The minimum Gasteiger partial charge on any atom is -0.467 e. The fourth-order valence-electron chi connectivity index (χ4n) is 2.09. The standard InChI is InChI=1S/C17H25N3O4S2/c1-24-17(23)14(6-7-26-2)20-15(21)12-5-3-4-11(8-12)9-19-16(22)13(18)10-25/h3-5,8,13-14,25H,6-7,9-10,18H2,1-2H3,(H,19,22)(H,20,21)/t13-,14-/m0/s1. The Balaban J connectivity index is 2.74. The molecule has 0 heterocycles. The monoisotopic (exact) mass is 399 g/mol. The number of carbonyl (C=O) groups excluding carboxylic acids is 3. The zero-order valence-corrected chi connectivity index (χ0v) is 16.6. The van der Waals surface area contributed by atoms with E-state index in [4.69, 9.17) is 10.5 Å². The number of hydrogen-bond acceptors (Lipinski definition) is 7. The normalized spacial score (nSPS) is 12.8. The van der Waals surface area contributed by atoms with Crippen LogP contribution >= 0.6 is 24.4 Å². The molecule has 1 aromatic rings. The minimum atomic E-state index is -0.698. The van der Waals surface area contributed by atoms with Crippen LogP contribution in [-0.4, -0.2) is 54.7 Å². The first kappa shape index (κ1) is 22.3.